The second-order valence-corrected chi connectivity index (χ2v) is 8.23. The van der Waals surface area contributed by atoms with Crippen molar-refractivity contribution in [3.8, 4) is 0 Å². The van der Waals surface area contributed by atoms with Gasteiger partial charge in [0.1, 0.15) is 5.82 Å². The fourth-order valence-corrected chi connectivity index (χ4v) is 4.09. The lowest BCUT2D eigenvalue weighted by Crippen LogP contribution is -2.44. The number of pyridine rings is 2. The fraction of sp³-hybridized carbons (Fsp3) is 0.522. The molecule has 0 aromatic carbocycles. The first-order valence-electron chi connectivity index (χ1n) is 11.3. The minimum atomic E-state index is -0.281. The third-order valence-corrected chi connectivity index (χ3v) is 5.71. The fourth-order valence-electron chi connectivity index (χ4n) is 4.09. The van der Waals surface area contributed by atoms with Crippen LogP contribution in [0.15, 0.2) is 41.7 Å². The Balaban J connectivity index is 0.00000306. The lowest BCUT2D eigenvalue weighted by molar-refractivity contribution is 0.0529. The van der Waals surface area contributed by atoms with Gasteiger partial charge in [0.25, 0.3) is 0 Å². The summed E-state index contributed by atoms with van der Waals surface area (Å²) in [6.07, 6.45) is 4.64. The van der Waals surface area contributed by atoms with E-state index in [0.717, 1.165) is 56.5 Å². The Morgan fingerprint density at radius 2 is 2.09 bits per heavy atom. The summed E-state index contributed by atoms with van der Waals surface area (Å²) in [4.78, 5) is 17.8. The summed E-state index contributed by atoms with van der Waals surface area (Å²) in [5, 5.41) is 6.78. The molecule has 0 bridgehead atoms. The predicted octanol–water partition coefficient (Wildman–Crippen LogP) is 2.79. The van der Waals surface area contributed by atoms with E-state index in [4.69, 9.17) is 9.73 Å². The number of ether oxygens (including phenoxy) is 1. The molecule has 0 amide bonds. The number of hydrogen-bond acceptors (Lipinski definition) is 6. The van der Waals surface area contributed by atoms with Crippen LogP contribution in [0.25, 0.3) is 0 Å². The molecule has 2 aliphatic rings. The first-order chi connectivity index (χ1) is 15.6. The van der Waals surface area contributed by atoms with E-state index in [1.54, 1.807) is 12.3 Å². The average molecular weight is 569 g/mol. The smallest absolute Gasteiger partial charge is 0.191 e. The van der Waals surface area contributed by atoms with Crippen LogP contribution >= 0.6 is 24.0 Å². The van der Waals surface area contributed by atoms with E-state index < -0.39 is 0 Å². The Morgan fingerprint density at radius 3 is 2.82 bits per heavy atom. The monoisotopic (exact) mass is 569 g/mol. The van der Waals surface area contributed by atoms with Gasteiger partial charge in [0.05, 0.1) is 19.3 Å². The van der Waals surface area contributed by atoms with Gasteiger partial charge in [0.15, 0.2) is 17.6 Å². The van der Waals surface area contributed by atoms with Gasteiger partial charge in [-0.3, -0.25) is 0 Å². The maximum absolute atomic E-state index is 14.1. The van der Waals surface area contributed by atoms with Crippen LogP contribution in [0.1, 0.15) is 25.8 Å². The van der Waals surface area contributed by atoms with Crippen LogP contribution < -0.4 is 20.4 Å². The molecule has 4 rings (SSSR count). The number of aromatic nitrogens is 2. The Labute approximate surface area is 212 Å². The van der Waals surface area contributed by atoms with Gasteiger partial charge >= 0.3 is 0 Å². The molecule has 0 radical (unpaired) electrons. The van der Waals surface area contributed by atoms with Crippen molar-refractivity contribution in [2.24, 2.45) is 4.99 Å². The van der Waals surface area contributed by atoms with Crippen molar-refractivity contribution in [1.29, 1.82) is 0 Å². The topological polar surface area (TPSA) is 77.9 Å². The third kappa shape index (κ3) is 6.89. The highest BCUT2D eigenvalue weighted by molar-refractivity contribution is 14.0. The number of hydrogen-bond donors (Lipinski definition) is 2. The Bertz CT molecular complexity index is 914. The van der Waals surface area contributed by atoms with Gasteiger partial charge in [-0.05, 0) is 44.0 Å². The molecule has 2 aliphatic heterocycles. The average Bonchev–Trinajstić information content (AvgIpc) is 3.26. The molecule has 10 heteroatoms. The molecule has 2 saturated heterocycles. The van der Waals surface area contributed by atoms with Gasteiger partial charge in [-0.2, -0.15) is 0 Å². The van der Waals surface area contributed by atoms with Crippen LogP contribution in [0.3, 0.4) is 0 Å². The normalized spacial score (nSPS) is 21.0. The summed E-state index contributed by atoms with van der Waals surface area (Å²) >= 11 is 0. The molecule has 2 unspecified atom stereocenters. The largest absolute Gasteiger partial charge is 0.375 e. The van der Waals surface area contributed by atoms with E-state index in [0.29, 0.717) is 18.9 Å². The summed E-state index contributed by atoms with van der Waals surface area (Å²) in [7, 11) is 0. The number of morpholine rings is 1. The molecule has 2 aromatic heterocycles. The minimum Gasteiger partial charge on any atom is -0.375 e. The first-order valence-corrected chi connectivity index (χ1v) is 11.3. The van der Waals surface area contributed by atoms with Crippen molar-refractivity contribution in [2.75, 3.05) is 49.1 Å². The molecule has 0 aliphatic carbocycles. The zero-order valence-corrected chi connectivity index (χ0v) is 21.5. The van der Waals surface area contributed by atoms with Crippen LogP contribution in [-0.4, -0.2) is 67.4 Å². The molecule has 4 heterocycles. The first kappa shape index (κ1) is 25.4. The number of aliphatic imine (C=N–C) groups is 1. The zero-order valence-electron chi connectivity index (χ0n) is 19.2. The van der Waals surface area contributed by atoms with Gasteiger partial charge in [-0.1, -0.05) is 6.07 Å². The number of rotatable bonds is 6. The molecule has 2 fully saturated rings. The Hall–Kier alpha value is -2.21. The Kier molecular flexibility index (Phi) is 9.48. The van der Waals surface area contributed by atoms with E-state index >= 15 is 0 Å². The van der Waals surface area contributed by atoms with Crippen molar-refractivity contribution in [1.82, 2.24) is 20.6 Å². The van der Waals surface area contributed by atoms with Gasteiger partial charge in [-0.25, -0.2) is 19.4 Å². The van der Waals surface area contributed by atoms with Crippen molar-refractivity contribution in [2.45, 2.75) is 39.0 Å². The predicted molar refractivity (Wildman–Crippen MR) is 140 cm³/mol. The van der Waals surface area contributed by atoms with Crippen molar-refractivity contribution in [3.63, 3.8) is 0 Å². The third-order valence-electron chi connectivity index (χ3n) is 5.71. The van der Waals surface area contributed by atoms with Crippen LogP contribution in [0, 0.1) is 5.82 Å². The number of guanidine groups is 1. The highest BCUT2D eigenvalue weighted by Gasteiger charge is 2.26. The molecular weight excluding hydrogens is 536 g/mol. The van der Waals surface area contributed by atoms with E-state index in [-0.39, 0.29) is 41.9 Å². The Morgan fingerprint density at radius 1 is 1.21 bits per heavy atom. The zero-order chi connectivity index (χ0) is 22.3. The highest BCUT2D eigenvalue weighted by Crippen LogP contribution is 2.21. The molecule has 0 saturated carbocycles. The summed E-state index contributed by atoms with van der Waals surface area (Å²) in [5.74, 6) is 1.87. The van der Waals surface area contributed by atoms with E-state index in [1.807, 2.05) is 18.0 Å². The maximum Gasteiger partial charge on any atom is 0.191 e. The van der Waals surface area contributed by atoms with Gasteiger partial charge < -0.3 is 25.2 Å². The molecule has 2 N–H and O–H groups in total. The molecule has 180 valence electrons. The van der Waals surface area contributed by atoms with Gasteiger partial charge in [0.2, 0.25) is 0 Å². The lowest BCUT2D eigenvalue weighted by atomic mass is 10.2. The van der Waals surface area contributed by atoms with Crippen molar-refractivity contribution < 1.29 is 9.13 Å². The standard InChI is InChI=1S/C23H32FN7O.HI/c1-3-25-23(29-19-8-10-31(16-19)22-20(24)5-4-9-26-22)28-14-18-6-7-21(27-13-18)30-11-12-32-17(2)15-30;/h4-7,9,13,17,19H,3,8,10-12,14-16H2,1-2H3,(H2,25,28,29);1H. The minimum absolute atomic E-state index is 0. The summed E-state index contributed by atoms with van der Waals surface area (Å²) in [5.41, 5.74) is 1.05. The SMILES string of the molecule is CCNC(=NCc1ccc(N2CCOC(C)C2)nc1)NC1CCN(c2ncccc2F)C1.I. The van der Waals surface area contributed by atoms with Crippen molar-refractivity contribution in [3.05, 3.63) is 48.0 Å². The summed E-state index contributed by atoms with van der Waals surface area (Å²) in [6.45, 7) is 9.34. The number of nitrogens with zero attached hydrogens (tertiary/aromatic N) is 5. The van der Waals surface area contributed by atoms with Crippen LogP contribution in [-0.2, 0) is 11.3 Å². The lowest BCUT2D eigenvalue weighted by Gasteiger charge is -2.32. The highest BCUT2D eigenvalue weighted by atomic mass is 127. The maximum atomic E-state index is 14.1. The molecule has 33 heavy (non-hydrogen) atoms. The number of nitrogens with one attached hydrogen (secondary N) is 2. The summed E-state index contributed by atoms with van der Waals surface area (Å²) in [6, 6.07) is 7.38. The van der Waals surface area contributed by atoms with Crippen LogP contribution in [0.5, 0.6) is 0 Å². The number of halogens is 2. The molecule has 0 spiro atoms. The van der Waals surface area contributed by atoms with Crippen LogP contribution in [0.4, 0.5) is 16.0 Å². The molecular formula is C23H33FIN7O. The van der Waals surface area contributed by atoms with Crippen LogP contribution in [0.2, 0.25) is 0 Å². The molecule has 8 nitrogen and oxygen atoms in total. The van der Waals surface area contributed by atoms with E-state index in [2.05, 4.69) is 44.6 Å². The van der Waals surface area contributed by atoms with Gasteiger partial charge in [0, 0.05) is 51.2 Å². The molecule has 2 atom stereocenters. The van der Waals surface area contributed by atoms with Gasteiger partial charge in [-0.15, -0.1) is 24.0 Å². The quantitative estimate of drug-likeness (QED) is 0.315. The molecule has 2 aromatic rings. The summed E-state index contributed by atoms with van der Waals surface area (Å²) < 4.78 is 19.7. The number of anilines is 2. The van der Waals surface area contributed by atoms with Crippen molar-refractivity contribution >= 4 is 41.6 Å². The van der Waals surface area contributed by atoms with E-state index in [1.165, 1.54) is 6.07 Å². The second kappa shape index (κ2) is 12.3. The second-order valence-electron chi connectivity index (χ2n) is 8.23. The van der Waals surface area contributed by atoms with E-state index in [9.17, 15) is 4.39 Å².